The van der Waals surface area contributed by atoms with Gasteiger partial charge in [0.15, 0.2) is 0 Å². The summed E-state index contributed by atoms with van der Waals surface area (Å²) >= 11 is 0. The molecular weight excluding hydrogens is 486 g/mol. The molecule has 0 unspecified atom stereocenters. The highest BCUT2D eigenvalue weighted by atomic mass is 16.5. The van der Waals surface area contributed by atoms with Crippen molar-refractivity contribution < 1.29 is 19.0 Å². The van der Waals surface area contributed by atoms with Crippen LogP contribution in [0.5, 0.6) is 0 Å². The number of carbonyl (C=O) groups excluding carboxylic acids is 1. The summed E-state index contributed by atoms with van der Waals surface area (Å²) in [5.41, 5.74) is 0. The maximum Gasteiger partial charge on any atom is 0.220 e. The molecule has 0 aliphatic heterocycles. The number of hydrogen-bond acceptors (Lipinski definition) is 4. The van der Waals surface area contributed by atoms with Gasteiger partial charge in [-0.1, -0.05) is 109 Å². The SMILES string of the molecule is CCCCCCCCCCCCC#CC#CCCCCCCCCC(=O)NCCOCCOCCOCCC. The molecular formula is C34H61NO4. The first-order chi connectivity index (χ1) is 19.3. The van der Waals surface area contributed by atoms with Crippen LogP contribution >= 0.6 is 0 Å². The first kappa shape index (κ1) is 37.5. The summed E-state index contributed by atoms with van der Waals surface area (Å²) in [6.45, 7) is 8.56. The van der Waals surface area contributed by atoms with Crippen molar-refractivity contribution in [3.05, 3.63) is 0 Å². The number of hydrogen-bond donors (Lipinski definition) is 1. The van der Waals surface area contributed by atoms with Gasteiger partial charge in [0, 0.05) is 32.4 Å². The van der Waals surface area contributed by atoms with Crippen LogP contribution in [0.4, 0.5) is 0 Å². The number of amides is 1. The molecule has 0 aromatic carbocycles. The van der Waals surface area contributed by atoms with E-state index in [1.807, 2.05) is 0 Å². The van der Waals surface area contributed by atoms with Crippen LogP contribution in [0.1, 0.15) is 142 Å². The Labute approximate surface area is 242 Å². The van der Waals surface area contributed by atoms with E-state index in [0.29, 0.717) is 46.0 Å². The first-order valence-corrected chi connectivity index (χ1v) is 16.3. The molecule has 0 rings (SSSR count). The lowest BCUT2D eigenvalue weighted by atomic mass is 10.1. The van der Waals surface area contributed by atoms with Gasteiger partial charge in [-0.3, -0.25) is 4.79 Å². The second kappa shape index (κ2) is 34.5. The van der Waals surface area contributed by atoms with Crippen LogP contribution in [0.3, 0.4) is 0 Å². The highest BCUT2D eigenvalue weighted by Crippen LogP contribution is 2.11. The van der Waals surface area contributed by atoms with E-state index in [-0.39, 0.29) is 5.91 Å². The molecule has 0 atom stereocenters. The fourth-order valence-electron chi connectivity index (χ4n) is 4.16. The monoisotopic (exact) mass is 547 g/mol. The molecule has 0 aliphatic carbocycles. The van der Waals surface area contributed by atoms with E-state index in [4.69, 9.17) is 14.2 Å². The lowest BCUT2D eigenvalue weighted by Gasteiger charge is -2.07. The summed E-state index contributed by atoms with van der Waals surface area (Å²) in [6.07, 6.45) is 24.0. The highest BCUT2D eigenvalue weighted by molar-refractivity contribution is 5.75. The number of rotatable bonds is 29. The minimum absolute atomic E-state index is 0.118. The Balaban J connectivity index is 3.29. The van der Waals surface area contributed by atoms with Crippen molar-refractivity contribution >= 4 is 5.91 Å². The van der Waals surface area contributed by atoms with E-state index in [9.17, 15) is 4.79 Å². The van der Waals surface area contributed by atoms with Gasteiger partial charge in [0.05, 0.1) is 33.0 Å². The Bertz CT molecular complexity index is 629. The molecule has 39 heavy (non-hydrogen) atoms. The maximum atomic E-state index is 11.9. The van der Waals surface area contributed by atoms with Gasteiger partial charge in [-0.15, -0.1) is 0 Å². The third-order valence-corrected chi connectivity index (χ3v) is 6.51. The summed E-state index contributed by atoms with van der Waals surface area (Å²) in [5.74, 6) is 12.5. The van der Waals surface area contributed by atoms with Crippen molar-refractivity contribution in [1.82, 2.24) is 5.32 Å². The predicted molar refractivity (Wildman–Crippen MR) is 165 cm³/mol. The van der Waals surface area contributed by atoms with Crippen LogP contribution in [-0.2, 0) is 19.0 Å². The third kappa shape index (κ3) is 34.4. The quantitative estimate of drug-likeness (QED) is 0.0761. The minimum Gasteiger partial charge on any atom is -0.379 e. The second-order valence-corrected chi connectivity index (χ2v) is 10.3. The van der Waals surface area contributed by atoms with Gasteiger partial charge in [0.25, 0.3) is 0 Å². The standard InChI is InChI=1S/C34H61NO4/c1-3-5-6-7-8-9-10-11-12-13-14-15-16-17-18-19-20-21-22-23-24-25-26-34(36)35-27-29-38-31-33-39-32-30-37-28-4-2/h3-14,19-33H2,1-2H3,(H,35,36). The Morgan fingerprint density at radius 3 is 1.46 bits per heavy atom. The zero-order valence-corrected chi connectivity index (χ0v) is 25.7. The summed E-state index contributed by atoms with van der Waals surface area (Å²) < 4.78 is 16.2. The molecule has 0 bridgehead atoms. The van der Waals surface area contributed by atoms with Crippen molar-refractivity contribution in [3.8, 4) is 23.7 Å². The number of unbranched alkanes of at least 4 members (excludes halogenated alkanes) is 16. The topological polar surface area (TPSA) is 56.8 Å². The Hall–Kier alpha value is -1.53. The lowest BCUT2D eigenvalue weighted by Crippen LogP contribution is -2.27. The van der Waals surface area contributed by atoms with Crippen LogP contribution in [-0.4, -0.2) is 52.1 Å². The Morgan fingerprint density at radius 1 is 0.513 bits per heavy atom. The smallest absolute Gasteiger partial charge is 0.220 e. The molecule has 0 heterocycles. The number of carbonyl (C=O) groups is 1. The molecule has 0 aliphatic rings. The predicted octanol–water partition coefficient (Wildman–Crippen LogP) is 8.00. The van der Waals surface area contributed by atoms with E-state index < -0.39 is 0 Å². The number of ether oxygens (including phenoxy) is 3. The van der Waals surface area contributed by atoms with Gasteiger partial charge < -0.3 is 19.5 Å². The zero-order valence-electron chi connectivity index (χ0n) is 25.7. The molecule has 0 radical (unpaired) electrons. The summed E-state index contributed by atoms with van der Waals surface area (Å²) in [6, 6.07) is 0. The van der Waals surface area contributed by atoms with Gasteiger partial charge in [-0.05, 0) is 37.5 Å². The van der Waals surface area contributed by atoms with Crippen LogP contribution in [0, 0.1) is 23.7 Å². The Kier molecular flexibility index (Phi) is 33.1. The van der Waals surface area contributed by atoms with Gasteiger partial charge in [-0.2, -0.15) is 0 Å². The van der Waals surface area contributed by atoms with Crippen molar-refractivity contribution in [2.45, 2.75) is 142 Å². The average Bonchev–Trinajstić information content (AvgIpc) is 2.94. The largest absolute Gasteiger partial charge is 0.379 e. The molecule has 0 spiro atoms. The second-order valence-electron chi connectivity index (χ2n) is 10.3. The molecule has 1 amide bonds. The highest BCUT2D eigenvalue weighted by Gasteiger charge is 2.00. The third-order valence-electron chi connectivity index (χ3n) is 6.51. The fourth-order valence-corrected chi connectivity index (χ4v) is 4.16. The van der Waals surface area contributed by atoms with Crippen LogP contribution < -0.4 is 5.32 Å². The first-order valence-electron chi connectivity index (χ1n) is 16.3. The molecule has 0 aromatic heterocycles. The zero-order chi connectivity index (χ0) is 28.3. The van der Waals surface area contributed by atoms with Crippen molar-refractivity contribution in [1.29, 1.82) is 0 Å². The molecule has 0 saturated heterocycles. The van der Waals surface area contributed by atoms with Crippen LogP contribution in [0.2, 0.25) is 0 Å². The molecule has 0 aromatic rings. The van der Waals surface area contributed by atoms with Gasteiger partial charge in [0.2, 0.25) is 5.91 Å². The van der Waals surface area contributed by atoms with E-state index in [0.717, 1.165) is 45.1 Å². The van der Waals surface area contributed by atoms with Crippen LogP contribution in [0.25, 0.3) is 0 Å². The van der Waals surface area contributed by atoms with E-state index >= 15 is 0 Å². The van der Waals surface area contributed by atoms with Gasteiger partial charge in [0.1, 0.15) is 0 Å². The molecule has 226 valence electrons. The van der Waals surface area contributed by atoms with Gasteiger partial charge in [-0.25, -0.2) is 0 Å². The van der Waals surface area contributed by atoms with Crippen molar-refractivity contribution in [2.24, 2.45) is 0 Å². The molecule has 0 fully saturated rings. The van der Waals surface area contributed by atoms with Crippen molar-refractivity contribution in [3.63, 3.8) is 0 Å². The lowest BCUT2D eigenvalue weighted by molar-refractivity contribution is -0.121. The molecule has 5 heteroatoms. The fraction of sp³-hybridized carbons (Fsp3) is 0.853. The van der Waals surface area contributed by atoms with E-state index in [1.165, 1.54) is 83.5 Å². The summed E-state index contributed by atoms with van der Waals surface area (Å²) in [5, 5.41) is 2.92. The van der Waals surface area contributed by atoms with E-state index in [1.54, 1.807) is 0 Å². The minimum atomic E-state index is 0.118. The summed E-state index contributed by atoms with van der Waals surface area (Å²) in [7, 11) is 0. The molecule has 5 nitrogen and oxygen atoms in total. The Morgan fingerprint density at radius 2 is 0.949 bits per heavy atom. The van der Waals surface area contributed by atoms with Gasteiger partial charge >= 0.3 is 0 Å². The average molecular weight is 548 g/mol. The van der Waals surface area contributed by atoms with Crippen LogP contribution in [0.15, 0.2) is 0 Å². The maximum absolute atomic E-state index is 11.9. The number of nitrogens with one attached hydrogen (secondary N) is 1. The van der Waals surface area contributed by atoms with E-state index in [2.05, 4.69) is 42.8 Å². The molecule has 0 saturated carbocycles. The normalized spacial score (nSPS) is 10.5. The molecule has 1 N–H and O–H groups in total. The van der Waals surface area contributed by atoms with Crippen molar-refractivity contribution in [2.75, 3.05) is 46.2 Å². The summed E-state index contributed by atoms with van der Waals surface area (Å²) in [4.78, 5) is 11.9.